The molecule has 3 aliphatic rings. The fourth-order valence-electron chi connectivity index (χ4n) is 5.24. The van der Waals surface area contributed by atoms with Crippen molar-refractivity contribution in [2.45, 2.75) is 62.3 Å². The number of benzene rings is 2. The molecule has 30 heavy (non-hydrogen) atoms. The zero-order valence-electron chi connectivity index (χ0n) is 17.0. The van der Waals surface area contributed by atoms with Gasteiger partial charge >= 0.3 is 0 Å². The zero-order valence-corrected chi connectivity index (χ0v) is 17.8. The number of sulfonamides is 1. The molecule has 158 valence electrons. The SMILES string of the molecule is Nc1ccc(S(=O)(=O)N2CCC[C@H]2C(=O)Nc2c3c(cc4c2CCC4)CCC3)cc1. The summed E-state index contributed by atoms with van der Waals surface area (Å²) in [4.78, 5) is 13.5. The van der Waals surface area contributed by atoms with Crippen LogP contribution >= 0.6 is 0 Å². The maximum absolute atomic E-state index is 13.3. The highest BCUT2D eigenvalue weighted by molar-refractivity contribution is 7.89. The second-order valence-corrected chi connectivity index (χ2v) is 10.5. The molecular formula is C23H27N3O3S. The lowest BCUT2D eigenvalue weighted by Crippen LogP contribution is -2.43. The van der Waals surface area contributed by atoms with Crippen molar-refractivity contribution in [3.8, 4) is 0 Å². The molecule has 5 rings (SSSR count). The van der Waals surface area contributed by atoms with Crippen molar-refractivity contribution >= 4 is 27.3 Å². The first-order valence-electron chi connectivity index (χ1n) is 10.8. The van der Waals surface area contributed by atoms with Crippen LogP contribution in [0.4, 0.5) is 11.4 Å². The number of nitrogen functional groups attached to an aromatic ring is 1. The highest BCUT2D eigenvalue weighted by Crippen LogP contribution is 2.39. The summed E-state index contributed by atoms with van der Waals surface area (Å²) < 4.78 is 27.7. The van der Waals surface area contributed by atoms with Gasteiger partial charge < -0.3 is 11.1 Å². The predicted octanol–water partition coefficient (Wildman–Crippen LogP) is 3.04. The molecule has 2 aromatic carbocycles. The quantitative estimate of drug-likeness (QED) is 0.737. The molecule has 2 aromatic rings. The fraction of sp³-hybridized carbons (Fsp3) is 0.435. The number of hydrogen-bond acceptors (Lipinski definition) is 4. The van der Waals surface area contributed by atoms with Crippen molar-refractivity contribution in [1.29, 1.82) is 0 Å². The Bertz CT molecular complexity index is 1080. The molecule has 0 radical (unpaired) electrons. The minimum Gasteiger partial charge on any atom is -0.399 e. The molecule has 7 heteroatoms. The van der Waals surface area contributed by atoms with Gasteiger partial charge in [-0.1, -0.05) is 6.07 Å². The first kappa shape index (κ1) is 19.6. The van der Waals surface area contributed by atoms with Crippen LogP contribution in [0.2, 0.25) is 0 Å². The van der Waals surface area contributed by atoms with E-state index in [-0.39, 0.29) is 10.8 Å². The average molecular weight is 426 g/mol. The normalized spacial score (nSPS) is 20.9. The lowest BCUT2D eigenvalue weighted by Gasteiger charge is -2.25. The van der Waals surface area contributed by atoms with Crippen molar-refractivity contribution in [1.82, 2.24) is 4.31 Å². The number of carbonyl (C=O) groups is 1. The van der Waals surface area contributed by atoms with Crippen LogP contribution in [0.15, 0.2) is 35.2 Å². The van der Waals surface area contributed by atoms with Crippen molar-refractivity contribution in [2.75, 3.05) is 17.6 Å². The van der Waals surface area contributed by atoms with Gasteiger partial charge in [-0.15, -0.1) is 0 Å². The van der Waals surface area contributed by atoms with Crippen LogP contribution in [0.25, 0.3) is 0 Å². The number of amides is 1. The standard InChI is InChI=1S/C23H27N3O3S/c24-17-9-11-18(12-10-17)30(28,29)26-13-3-8-21(26)23(27)25-22-19-6-1-4-15(19)14-16-5-2-7-20(16)22/h9-12,14,21H,1-8,13,24H2,(H,25,27)/t21-/m0/s1. The number of rotatable bonds is 4. The van der Waals surface area contributed by atoms with Crippen molar-refractivity contribution in [3.05, 3.63) is 52.6 Å². The highest BCUT2D eigenvalue weighted by Gasteiger charge is 2.40. The first-order chi connectivity index (χ1) is 14.4. The molecule has 1 saturated heterocycles. The van der Waals surface area contributed by atoms with E-state index in [9.17, 15) is 13.2 Å². The number of carbonyl (C=O) groups excluding carboxylic acids is 1. The van der Waals surface area contributed by atoms with Gasteiger partial charge in [0.15, 0.2) is 0 Å². The van der Waals surface area contributed by atoms with E-state index in [4.69, 9.17) is 5.73 Å². The van der Waals surface area contributed by atoms with Gasteiger partial charge in [0.05, 0.1) is 4.90 Å². The van der Waals surface area contributed by atoms with Crippen molar-refractivity contribution < 1.29 is 13.2 Å². The molecule has 1 aliphatic heterocycles. The van der Waals surface area contributed by atoms with Crippen molar-refractivity contribution in [3.63, 3.8) is 0 Å². The Morgan fingerprint density at radius 2 is 1.60 bits per heavy atom. The van der Waals surface area contributed by atoms with E-state index < -0.39 is 16.1 Å². The second-order valence-electron chi connectivity index (χ2n) is 8.57. The summed E-state index contributed by atoms with van der Waals surface area (Å²) in [7, 11) is -3.75. The summed E-state index contributed by atoms with van der Waals surface area (Å²) in [5.74, 6) is -0.207. The highest BCUT2D eigenvalue weighted by atomic mass is 32.2. The number of nitrogens with zero attached hydrogens (tertiary/aromatic N) is 1. The van der Waals surface area contributed by atoms with Crippen LogP contribution in [0.5, 0.6) is 0 Å². The third-order valence-corrected chi connectivity index (χ3v) is 8.64. The van der Waals surface area contributed by atoms with E-state index in [0.717, 1.165) is 44.2 Å². The maximum Gasteiger partial charge on any atom is 0.243 e. The van der Waals surface area contributed by atoms with Gasteiger partial charge in [0.25, 0.3) is 0 Å². The third-order valence-electron chi connectivity index (χ3n) is 6.71. The number of anilines is 2. The molecule has 3 N–H and O–H groups in total. The fourth-order valence-corrected chi connectivity index (χ4v) is 6.90. The predicted molar refractivity (Wildman–Crippen MR) is 117 cm³/mol. The minimum absolute atomic E-state index is 0.179. The smallest absolute Gasteiger partial charge is 0.243 e. The number of hydrogen-bond donors (Lipinski definition) is 2. The molecular weight excluding hydrogens is 398 g/mol. The Morgan fingerprint density at radius 3 is 2.23 bits per heavy atom. The van der Waals surface area contributed by atoms with Crippen LogP contribution < -0.4 is 11.1 Å². The van der Waals surface area contributed by atoms with Crippen LogP contribution in [-0.4, -0.2) is 31.2 Å². The number of nitrogens with one attached hydrogen (secondary N) is 1. The van der Waals surface area contributed by atoms with Gasteiger partial charge in [-0.25, -0.2) is 8.42 Å². The van der Waals surface area contributed by atoms with Crippen LogP contribution in [-0.2, 0) is 40.5 Å². The van der Waals surface area contributed by atoms with Gasteiger partial charge in [0.2, 0.25) is 15.9 Å². The molecule has 1 fully saturated rings. The molecule has 1 atom stereocenters. The van der Waals surface area contributed by atoms with E-state index in [1.54, 1.807) is 12.1 Å². The van der Waals surface area contributed by atoms with Gasteiger partial charge in [0.1, 0.15) is 6.04 Å². The van der Waals surface area contributed by atoms with Gasteiger partial charge in [0, 0.05) is 17.9 Å². The van der Waals surface area contributed by atoms with Crippen molar-refractivity contribution in [2.24, 2.45) is 0 Å². The Balaban J connectivity index is 1.44. The van der Waals surface area contributed by atoms with Gasteiger partial charge in [-0.2, -0.15) is 4.31 Å². The molecule has 1 amide bonds. The summed E-state index contributed by atoms with van der Waals surface area (Å²) in [5.41, 5.74) is 12.4. The van der Waals surface area contributed by atoms with E-state index in [2.05, 4.69) is 11.4 Å². The molecule has 0 saturated carbocycles. The van der Waals surface area contributed by atoms with Gasteiger partial charge in [-0.3, -0.25) is 4.79 Å². The van der Waals surface area contributed by atoms with Crippen LogP contribution in [0, 0.1) is 0 Å². The Labute approximate surface area is 177 Å². The molecule has 0 spiro atoms. The Kier molecular flexibility index (Phi) is 4.82. The first-order valence-corrected chi connectivity index (χ1v) is 12.2. The third kappa shape index (κ3) is 3.20. The van der Waals surface area contributed by atoms with Gasteiger partial charge in [-0.05, 0) is 97.9 Å². The molecule has 0 aromatic heterocycles. The maximum atomic E-state index is 13.3. The van der Waals surface area contributed by atoms with E-state index in [1.165, 1.54) is 38.7 Å². The van der Waals surface area contributed by atoms with E-state index in [1.807, 2.05) is 0 Å². The topological polar surface area (TPSA) is 92.5 Å². The lowest BCUT2D eigenvalue weighted by molar-refractivity contribution is -0.119. The monoisotopic (exact) mass is 425 g/mol. The molecule has 0 bridgehead atoms. The molecule has 6 nitrogen and oxygen atoms in total. The number of nitrogens with two attached hydrogens (primary N) is 1. The zero-order chi connectivity index (χ0) is 20.9. The largest absolute Gasteiger partial charge is 0.399 e. The minimum atomic E-state index is -3.75. The summed E-state index contributed by atoms with van der Waals surface area (Å²) in [6, 6.07) is 7.82. The Morgan fingerprint density at radius 1 is 0.967 bits per heavy atom. The Hall–Kier alpha value is -2.38. The van der Waals surface area contributed by atoms with Crippen LogP contribution in [0.3, 0.4) is 0 Å². The van der Waals surface area contributed by atoms with Crippen LogP contribution in [0.1, 0.15) is 47.9 Å². The summed E-state index contributed by atoms with van der Waals surface area (Å²) in [5, 5.41) is 3.18. The number of aryl methyl sites for hydroxylation is 2. The number of fused-ring (bicyclic) bond motifs is 2. The summed E-state index contributed by atoms with van der Waals surface area (Å²) in [6.07, 6.45) is 7.53. The van der Waals surface area contributed by atoms with E-state index >= 15 is 0 Å². The summed E-state index contributed by atoms with van der Waals surface area (Å²) in [6.45, 7) is 0.357. The molecule has 0 unspecified atom stereocenters. The molecule has 2 aliphatic carbocycles. The summed E-state index contributed by atoms with van der Waals surface area (Å²) >= 11 is 0. The second kappa shape index (κ2) is 7.39. The average Bonchev–Trinajstić information content (AvgIpc) is 3.48. The lowest BCUT2D eigenvalue weighted by atomic mass is 9.98. The molecule has 1 heterocycles. The van der Waals surface area contributed by atoms with E-state index in [0.29, 0.717) is 25.1 Å².